The van der Waals surface area contributed by atoms with Crippen LogP contribution in [-0.2, 0) is 6.18 Å². The third-order valence-electron chi connectivity index (χ3n) is 3.68. The standard InChI is InChI=1S/C13H15F4NO.ClH/c14-10-5-4-8(13(15,16)17)6-9(10)11(18)12(19)7-2-1-3-7;/h4-7,11-12,19H,1-3,18H2;1H/t11-,12+;/m1./s1. The number of rotatable bonds is 3. The Bertz CT molecular complexity index is 462. The lowest BCUT2D eigenvalue weighted by Crippen LogP contribution is -2.37. The van der Waals surface area contributed by atoms with Crippen molar-refractivity contribution in [3.05, 3.63) is 35.1 Å². The molecule has 0 radical (unpaired) electrons. The predicted octanol–water partition coefficient (Wildman–Crippen LogP) is 3.43. The average Bonchev–Trinajstić information content (AvgIpc) is 2.24. The highest BCUT2D eigenvalue weighted by Gasteiger charge is 2.35. The van der Waals surface area contributed by atoms with E-state index in [9.17, 15) is 22.7 Å². The Morgan fingerprint density at radius 2 is 1.85 bits per heavy atom. The van der Waals surface area contributed by atoms with E-state index < -0.39 is 29.7 Å². The molecule has 0 unspecified atom stereocenters. The summed E-state index contributed by atoms with van der Waals surface area (Å²) in [5.74, 6) is -0.872. The molecule has 0 aliphatic heterocycles. The van der Waals surface area contributed by atoms with Crippen LogP contribution in [0.25, 0.3) is 0 Å². The Morgan fingerprint density at radius 1 is 1.25 bits per heavy atom. The second-order valence-corrected chi connectivity index (χ2v) is 4.94. The van der Waals surface area contributed by atoms with Gasteiger partial charge in [-0.1, -0.05) is 6.42 Å². The molecular formula is C13H16ClF4NO. The van der Waals surface area contributed by atoms with Crippen molar-refractivity contribution >= 4 is 12.4 Å². The van der Waals surface area contributed by atoms with E-state index in [2.05, 4.69) is 0 Å². The van der Waals surface area contributed by atoms with Crippen LogP contribution in [0.3, 0.4) is 0 Å². The van der Waals surface area contributed by atoms with Crippen LogP contribution in [0, 0.1) is 11.7 Å². The topological polar surface area (TPSA) is 46.2 Å². The van der Waals surface area contributed by atoms with Crippen molar-refractivity contribution in [2.75, 3.05) is 0 Å². The van der Waals surface area contributed by atoms with Crippen LogP contribution in [0.15, 0.2) is 18.2 Å². The van der Waals surface area contributed by atoms with Gasteiger partial charge in [0.1, 0.15) is 5.82 Å². The number of benzene rings is 1. The second kappa shape index (κ2) is 6.28. The van der Waals surface area contributed by atoms with Gasteiger partial charge in [-0.15, -0.1) is 12.4 Å². The van der Waals surface area contributed by atoms with Gasteiger partial charge in [0.15, 0.2) is 0 Å². The molecule has 0 saturated heterocycles. The van der Waals surface area contributed by atoms with Crippen LogP contribution in [0.5, 0.6) is 0 Å². The molecule has 1 aromatic carbocycles. The van der Waals surface area contributed by atoms with Crippen molar-refractivity contribution < 1.29 is 22.7 Å². The number of aliphatic hydroxyl groups is 1. The van der Waals surface area contributed by atoms with Crippen molar-refractivity contribution in [3.8, 4) is 0 Å². The second-order valence-electron chi connectivity index (χ2n) is 4.94. The van der Waals surface area contributed by atoms with Crippen LogP contribution >= 0.6 is 12.4 Å². The van der Waals surface area contributed by atoms with Gasteiger partial charge in [0.05, 0.1) is 17.7 Å². The highest BCUT2D eigenvalue weighted by Crippen LogP contribution is 2.36. The SMILES string of the molecule is Cl.N[C@H](c1cc(C(F)(F)F)ccc1F)[C@@H](O)C1CCC1. The van der Waals surface area contributed by atoms with Crippen LogP contribution in [0.1, 0.15) is 36.4 Å². The van der Waals surface area contributed by atoms with E-state index in [0.29, 0.717) is 12.1 Å². The van der Waals surface area contributed by atoms with Gasteiger partial charge in [0.25, 0.3) is 0 Å². The fourth-order valence-electron chi connectivity index (χ4n) is 2.23. The highest BCUT2D eigenvalue weighted by atomic mass is 35.5. The van der Waals surface area contributed by atoms with Crippen molar-refractivity contribution in [2.45, 2.75) is 37.6 Å². The fourth-order valence-corrected chi connectivity index (χ4v) is 2.23. The summed E-state index contributed by atoms with van der Waals surface area (Å²) in [6, 6.07) is 0.960. The van der Waals surface area contributed by atoms with Crippen LogP contribution in [-0.4, -0.2) is 11.2 Å². The minimum atomic E-state index is -4.55. The summed E-state index contributed by atoms with van der Waals surface area (Å²) in [4.78, 5) is 0. The number of hydrogen-bond acceptors (Lipinski definition) is 2. The number of halogens is 5. The summed E-state index contributed by atoms with van der Waals surface area (Å²) in [7, 11) is 0. The minimum absolute atomic E-state index is 0. The molecule has 2 atom stereocenters. The number of alkyl halides is 3. The maximum absolute atomic E-state index is 13.6. The van der Waals surface area contributed by atoms with E-state index in [-0.39, 0.29) is 23.9 Å². The lowest BCUT2D eigenvalue weighted by atomic mass is 9.77. The third kappa shape index (κ3) is 3.42. The summed E-state index contributed by atoms with van der Waals surface area (Å²) < 4.78 is 51.3. The molecule has 1 fully saturated rings. The van der Waals surface area contributed by atoms with Gasteiger partial charge >= 0.3 is 6.18 Å². The zero-order valence-corrected chi connectivity index (χ0v) is 11.3. The molecule has 3 N–H and O–H groups in total. The summed E-state index contributed by atoms with van der Waals surface area (Å²) >= 11 is 0. The summed E-state index contributed by atoms with van der Waals surface area (Å²) in [5, 5.41) is 9.94. The third-order valence-corrected chi connectivity index (χ3v) is 3.68. The molecule has 0 spiro atoms. The Balaban J connectivity index is 0.00000200. The van der Waals surface area contributed by atoms with E-state index >= 15 is 0 Å². The smallest absolute Gasteiger partial charge is 0.391 e. The van der Waals surface area contributed by atoms with Gasteiger partial charge < -0.3 is 10.8 Å². The molecule has 1 aromatic rings. The van der Waals surface area contributed by atoms with E-state index in [0.717, 1.165) is 25.3 Å². The number of hydrogen-bond donors (Lipinski definition) is 2. The van der Waals surface area contributed by atoms with Crippen LogP contribution in [0.4, 0.5) is 17.6 Å². The van der Waals surface area contributed by atoms with Gasteiger partial charge in [-0.2, -0.15) is 13.2 Å². The van der Waals surface area contributed by atoms with Crippen molar-refractivity contribution in [1.29, 1.82) is 0 Å². The molecule has 20 heavy (non-hydrogen) atoms. The maximum Gasteiger partial charge on any atom is 0.416 e. The van der Waals surface area contributed by atoms with E-state index in [4.69, 9.17) is 5.73 Å². The zero-order valence-electron chi connectivity index (χ0n) is 10.5. The normalized spacial score (nSPS) is 18.9. The Kier molecular flexibility index (Phi) is 5.40. The highest BCUT2D eigenvalue weighted by molar-refractivity contribution is 5.85. The number of nitrogens with two attached hydrogens (primary N) is 1. The summed E-state index contributed by atoms with van der Waals surface area (Å²) in [5.41, 5.74) is 4.46. The number of aliphatic hydroxyl groups excluding tert-OH is 1. The first kappa shape index (κ1) is 17.2. The Hall–Kier alpha value is -0.850. The Labute approximate surface area is 120 Å². The molecule has 2 rings (SSSR count). The lowest BCUT2D eigenvalue weighted by molar-refractivity contribution is -0.137. The first-order valence-electron chi connectivity index (χ1n) is 6.11. The first-order chi connectivity index (χ1) is 8.80. The van der Waals surface area contributed by atoms with Gasteiger partial charge in [-0.05, 0) is 37.0 Å². The van der Waals surface area contributed by atoms with Crippen LogP contribution in [0.2, 0.25) is 0 Å². The van der Waals surface area contributed by atoms with Crippen molar-refractivity contribution in [2.24, 2.45) is 11.7 Å². The van der Waals surface area contributed by atoms with Crippen molar-refractivity contribution in [1.82, 2.24) is 0 Å². The van der Waals surface area contributed by atoms with Gasteiger partial charge in [0.2, 0.25) is 0 Å². The Morgan fingerprint density at radius 3 is 2.30 bits per heavy atom. The first-order valence-corrected chi connectivity index (χ1v) is 6.11. The van der Waals surface area contributed by atoms with Gasteiger partial charge in [-0.3, -0.25) is 0 Å². The molecule has 1 aliphatic rings. The molecular weight excluding hydrogens is 298 g/mol. The quantitative estimate of drug-likeness (QED) is 0.840. The predicted molar refractivity (Wildman–Crippen MR) is 68.9 cm³/mol. The van der Waals surface area contributed by atoms with Gasteiger partial charge in [-0.25, -0.2) is 4.39 Å². The average molecular weight is 314 g/mol. The zero-order chi connectivity index (χ0) is 14.2. The molecule has 1 aliphatic carbocycles. The van der Waals surface area contributed by atoms with E-state index in [1.807, 2.05) is 0 Å². The molecule has 7 heteroatoms. The molecule has 0 amide bonds. The van der Waals surface area contributed by atoms with Gasteiger partial charge in [0, 0.05) is 5.56 Å². The molecule has 0 bridgehead atoms. The van der Waals surface area contributed by atoms with E-state index in [1.165, 1.54) is 0 Å². The molecule has 1 saturated carbocycles. The molecule has 0 heterocycles. The monoisotopic (exact) mass is 313 g/mol. The fraction of sp³-hybridized carbons (Fsp3) is 0.538. The molecule has 2 nitrogen and oxygen atoms in total. The van der Waals surface area contributed by atoms with Crippen LogP contribution < -0.4 is 5.73 Å². The maximum atomic E-state index is 13.6. The minimum Gasteiger partial charge on any atom is -0.391 e. The lowest BCUT2D eigenvalue weighted by Gasteiger charge is -2.34. The largest absolute Gasteiger partial charge is 0.416 e. The summed E-state index contributed by atoms with van der Waals surface area (Å²) in [6.45, 7) is 0. The van der Waals surface area contributed by atoms with Crippen molar-refractivity contribution in [3.63, 3.8) is 0 Å². The molecule has 114 valence electrons. The van der Waals surface area contributed by atoms with E-state index in [1.54, 1.807) is 0 Å². The summed E-state index contributed by atoms with van der Waals surface area (Å²) in [6.07, 6.45) is -3.06. The molecule has 0 aromatic heterocycles.